The van der Waals surface area contributed by atoms with Gasteiger partial charge >= 0.3 is 0 Å². The fraction of sp³-hybridized carbons (Fsp3) is 0.429. The minimum atomic E-state index is -0.441. The van der Waals surface area contributed by atoms with E-state index in [1.54, 1.807) is 4.90 Å². The Morgan fingerprint density at radius 1 is 1.09 bits per heavy atom. The summed E-state index contributed by atoms with van der Waals surface area (Å²) in [5.41, 5.74) is 3.64. The minimum absolute atomic E-state index is 0.0765. The van der Waals surface area contributed by atoms with E-state index in [-0.39, 0.29) is 17.9 Å². The Hall–Kier alpha value is -3.12. The summed E-state index contributed by atoms with van der Waals surface area (Å²) in [6.07, 6.45) is 5.96. The highest BCUT2D eigenvalue weighted by molar-refractivity contribution is 6.01. The lowest BCUT2D eigenvalue weighted by molar-refractivity contribution is -0.126. The fourth-order valence-electron chi connectivity index (χ4n) is 5.59. The van der Waals surface area contributed by atoms with E-state index in [9.17, 15) is 9.59 Å². The number of fused-ring (bicyclic) bond motifs is 1. The zero-order valence-corrected chi connectivity index (χ0v) is 19.8. The van der Waals surface area contributed by atoms with Crippen molar-refractivity contribution in [2.75, 3.05) is 7.05 Å². The second-order valence-corrected chi connectivity index (χ2v) is 9.81. The monoisotopic (exact) mass is 459 g/mol. The Labute approximate surface area is 201 Å². The molecular weight excluding hydrogens is 426 g/mol. The maximum Gasteiger partial charge on any atom is 0.255 e. The van der Waals surface area contributed by atoms with Crippen LogP contribution in [0.3, 0.4) is 0 Å². The normalized spacial score (nSPS) is 24.8. The molecule has 3 aliphatic rings. The SMILES string of the molecule is C=C1CCC(N2Cc3cc(O[C@@H]4CCCC[C@@H]4N(C)Cc4ccccc4)ccc3C2=O)C(=O)N1. The van der Waals surface area contributed by atoms with Crippen LogP contribution in [0.4, 0.5) is 0 Å². The molecule has 1 N–H and O–H groups in total. The zero-order chi connectivity index (χ0) is 23.7. The molecule has 2 aromatic carbocycles. The van der Waals surface area contributed by atoms with Gasteiger partial charge in [0, 0.05) is 30.4 Å². The first kappa shape index (κ1) is 22.7. The third-order valence-corrected chi connectivity index (χ3v) is 7.40. The average molecular weight is 460 g/mol. The van der Waals surface area contributed by atoms with Crippen LogP contribution in [0, 0.1) is 0 Å². The molecule has 34 heavy (non-hydrogen) atoms. The third kappa shape index (κ3) is 4.60. The maximum atomic E-state index is 13.0. The first-order valence-electron chi connectivity index (χ1n) is 12.3. The molecule has 2 amide bonds. The van der Waals surface area contributed by atoms with Crippen LogP contribution in [0.1, 0.15) is 60.0 Å². The standard InChI is InChI=1S/C28H33N3O3/c1-19-12-15-25(27(32)29-19)31-18-21-16-22(13-14-23(21)28(31)33)34-26-11-7-6-10-24(26)30(2)17-20-8-4-3-5-9-20/h3-5,8-9,13-14,16,24-26H,1,6-7,10-12,15,17-18H2,2H3,(H,29,32)/t24-,25?,26+/m0/s1. The molecule has 2 aromatic rings. The molecule has 178 valence electrons. The average Bonchev–Trinajstić information content (AvgIpc) is 3.15. The van der Waals surface area contributed by atoms with Gasteiger partial charge in [-0.2, -0.15) is 0 Å². The highest BCUT2D eigenvalue weighted by atomic mass is 16.5. The predicted molar refractivity (Wildman–Crippen MR) is 131 cm³/mol. The number of nitrogens with zero attached hydrogens (tertiary/aromatic N) is 2. The number of ether oxygens (including phenoxy) is 1. The number of hydrogen-bond acceptors (Lipinski definition) is 4. The van der Waals surface area contributed by atoms with Gasteiger partial charge in [-0.25, -0.2) is 0 Å². The number of likely N-dealkylation sites (N-methyl/N-ethyl adjacent to an activating group) is 1. The van der Waals surface area contributed by atoms with E-state index in [1.807, 2.05) is 24.3 Å². The second kappa shape index (κ2) is 9.63. The van der Waals surface area contributed by atoms with Crippen molar-refractivity contribution in [2.45, 2.75) is 69.8 Å². The number of piperidine rings is 1. The van der Waals surface area contributed by atoms with Gasteiger partial charge in [-0.3, -0.25) is 14.5 Å². The molecule has 1 aliphatic carbocycles. The Kier molecular flexibility index (Phi) is 6.42. The highest BCUT2D eigenvalue weighted by Gasteiger charge is 2.38. The number of carbonyl (C=O) groups excluding carboxylic acids is 2. The molecular formula is C28H33N3O3. The van der Waals surface area contributed by atoms with Gasteiger partial charge in [-0.15, -0.1) is 0 Å². The van der Waals surface area contributed by atoms with E-state index in [4.69, 9.17) is 4.74 Å². The predicted octanol–water partition coefficient (Wildman–Crippen LogP) is 4.26. The van der Waals surface area contributed by atoms with Crippen molar-refractivity contribution in [1.82, 2.24) is 15.1 Å². The topological polar surface area (TPSA) is 61.9 Å². The number of benzene rings is 2. The summed E-state index contributed by atoms with van der Waals surface area (Å²) >= 11 is 0. The van der Waals surface area contributed by atoms with Crippen LogP contribution in [-0.2, 0) is 17.9 Å². The Morgan fingerprint density at radius 2 is 1.88 bits per heavy atom. The van der Waals surface area contributed by atoms with Crippen molar-refractivity contribution in [2.24, 2.45) is 0 Å². The number of carbonyl (C=O) groups is 2. The van der Waals surface area contributed by atoms with Crippen LogP contribution in [-0.4, -0.2) is 46.8 Å². The summed E-state index contributed by atoms with van der Waals surface area (Å²) in [7, 11) is 2.18. The number of amides is 2. The molecule has 2 fully saturated rings. The molecule has 0 spiro atoms. The van der Waals surface area contributed by atoms with E-state index < -0.39 is 6.04 Å². The van der Waals surface area contributed by atoms with Crippen LogP contribution in [0.25, 0.3) is 0 Å². The Morgan fingerprint density at radius 3 is 2.68 bits per heavy atom. The summed E-state index contributed by atoms with van der Waals surface area (Å²) in [6.45, 7) is 5.18. The number of hydrogen-bond donors (Lipinski definition) is 1. The van der Waals surface area contributed by atoms with E-state index in [0.717, 1.165) is 36.4 Å². The Balaban J connectivity index is 1.28. The molecule has 6 heteroatoms. The van der Waals surface area contributed by atoms with Gasteiger partial charge in [-0.05, 0) is 68.5 Å². The van der Waals surface area contributed by atoms with Crippen molar-refractivity contribution in [3.8, 4) is 5.75 Å². The van der Waals surface area contributed by atoms with Gasteiger partial charge in [0.1, 0.15) is 17.9 Å². The van der Waals surface area contributed by atoms with Crippen molar-refractivity contribution in [3.63, 3.8) is 0 Å². The van der Waals surface area contributed by atoms with Gasteiger partial charge in [-0.1, -0.05) is 43.3 Å². The molecule has 3 atom stereocenters. The number of rotatable bonds is 6. The van der Waals surface area contributed by atoms with E-state index >= 15 is 0 Å². The first-order valence-corrected chi connectivity index (χ1v) is 12.3. The second-order valence-electron chi connectivity index (χ2n) is 9.81. The summed E-state index contributed by atoms with van der Waals surface area (Å²) in [5.74, 6) is 0.590. The Bertz CT molecular complexity index is 1080. The van der Waals surface area contributed by atoms with Crippen molar-refractivity contribution >= 4 is 11.8 Å². The smallest absolute Gasteiger partial charge is 0.255 e. The molecule has 1 unspecified atom stereocenters. The van der Waals surface area contributed by atoms with Crippen LogP contribution >= 0.6 is 0 Å². The molecule has 2 aliphatic heterocycles. The van der Waals surface area contributed by atoms with Crippen LogP contribution < -0.4 is 10.1 Å². The van der Waals surface area contributed by atoms with Gasteiger partial charge in [0.05, 0.1) is 0 Å². The van der Waals surface area contributed by atoms with Crippen molar-refractivity contribution < 1.29 is 14.3 Å². The fourth-order valence-corrected chi connectivity index (χ4v) is 5.59. The molecule has 2 heterocycles. The van der Waals surface area contributed by atoms with Crippen molar-refractivity contribution in [3.05, 3.63) is 77.5 Å². The summed E-state index contributed by atoms with van der Waals surface area (Å²) in [4.78, 5) is 29.6. The molecule has 0 bridgehead atoms. The molecule has 0 radical (unpaired) electrons. The van der Waals surface area contributed by atoms with Gasteiger partial charge in [0.15, 0.2) is 0 Å². The summed E-state index contributed by atoms with van der Waals surface area (Å²) < 4.78 is 6.54. The lowest BCUT2D eigenvalue weighted by atomic mass is 9.91. The summed E-state index contributed by atoms with van der Waals surface area (Å²) in [6, 6.07) is 16.2. The van der Waals surface area contributed by atoms with Crippen LogP contribution in [0.15, 0.2) is 60.8 Å². The minimum Gasteiger partial charge on any atom is -0.489 e. The molecule has 5 rings (SSSR count). The summed E-state index contributed by atoms with van der Waals surface area (Å²) in [5, 5.41) is 2.80. The largest absolute Gasteiger partial charge is 0.489 e. The number of allylic oxidation sites excluding steroid dienone is 1. The third-order valence-electron chi connectivity index (χ3n) is 7.40. The quantitative estimate of drug-likeness (QED) is 0.701. The molecule has 1 saturated heterocycles. The lowest BCUT2D eigenvalue weighted by Crippen LogP contribution is -2.49. The van der Waals surface area contributed by atoms with E-state index in [0.29, 0.717) is 31.0 Å². The highest BCUT2D eigenvalue weighted by Crippen LogP contribution is 2.33. The van der Waals surface area contributed by atoms with Gasteiger partial charge in [0.2, 0.25) is 5.91 Å². The number of nitrogens with one attached hydrogen (secondary N) is 1. The first-order chi connectivity index (χ1) is 16.5. The van der Waals surface area contributed by atoms with E-state index in [1.165, 1.54) is 18.4 Å². The zero-order valence-electron chi connectivity index (χ0n) is 19.8. The van der Waals surface area contributed by atoms with Gasteiger partial charge in [0.25, 0.3) is 5.91 Å². The molecule has 0 aromatic heterocycles. The van der Waals surface area contributed by atoms with Crippen LogP contribution in [0.5, 0.6) is 5.75 Å². The van der Waals surface area contributed by atoms with Gasteiger partial charge < -0.3 is 15.0 Å². The lowest BCUT2D eigenvalue weighted by Gasteiger charge is -2.38. The maximum absolute atomic E-state index is 13.0. The van der Waals surface area contributed by atoms with Crippen LogP contribution in [0.2, 0.25) is 0 Å². The van der Waals surface area contributed by atoms with E-state index in [2.05, 4.69) is 48.1 Å². The molecule has 6 nitrogen and oxygen atoms in total. The van der Waals surface area contributed by atoms with Crippen molar-refractivity contribution in [1.29, 1.82) is 0 Å². The molecule has 1 saturated carbocycles.